The molecule has 0 unspecified atom stereocenters. The smallest absolute Gasteiger partial charge is 0.251 e. The predicted molar refractivity (Wildman–Crippen MR) is 102 cm³/mol. The van der Waals surface area contributed by atoms with Crippen LogP contribution in [-0.4, -0.2) is 26.7 Å². The molecular weight excluding hydrogens is 330 g/mol. The van der Waals surface area contributed by atoms with Crippen molar-refractivity contribution >= 4 is 5.91 Å². The van der Waals surface area contributed by atoms with Gasteiger partial charge in [-0.2, -0.15) is 0 Å². The fourth-order valence-corrected chi connectivity index (χ4v) is 2.56. The van der Waals surface area contributed by atoms with E-state index in [4.69, 9.17) is 14.2 Å². The van der Waals surface area contributed by atoms with Crippen LogP contribution in [0.2, 0.25) is 0 Å². The molecule has 0 heterocycles. The molecule has 0 saturated carbocycles. The maximum absolute atomic E-state index is 12.5. The molecule has 0 radical (unpaired) electrons. The second-order valence-electron chi connectivity index (χ2n) is 6.43. The predicted octanol–water partition coefficient (Wildman–Crippen LogP) is 3.81. The molecule has 0 saturated heterocycles. The van der Waals surface area contributed by atoms with Crippen LogP contribution in [0.15, 0.2) is 42.5 Å². The van der Waals surface area contributed by atoms with Crippen LogP contribution in [0.4, 0.5) is 0 Å². The molecular formula is C21H27NO4. The average molecular weight is 357 g/mol. The Bertz CT molecular complexity index is 728. The van der Waals surface area contributed by atoms with Crippen LogP contribution in [0.25, 0.3) is 0 Å². The number of carbonyl (C=O) groups is 1. The van der Waals surface area contributed by atoms with Crippen LogP contribution >= 0.6 is 0 Å². The number of rotatable bonds is 9. The Morgan fingerprint density at radius 2 is 1.69 bits per heavy atom. The van der Waals surface area contributed by atoms with Gasteiger partial charge >= 0.3 is 0 Å². The van der Waals surface area contributed by atoms with Crippen LogP contribution in [-0.2, 0) is 17.9 Å². The molecule has 0 fully saturated rings. The number of benzene rings is 2. The Hall–Kier alpha value is -2.53. The van der Waals surface area contributed by atoms with Gasteiger partial charge in [0.1, 0.15) is 11.5 Å². The zero-order chi connectivity index (χ0) is 18.9. The van der Waals surface area contributed by atoms with Crippen molar-refractivity contribution in [1.29, 1.82) is 0 Å². The molecule has 2 aromatic rings. The molecule has 0 aliphatic carbocycles. The topological polar surface area (TPSA) is 56.8 Å². The molecule has 0 aliphatic rings. The molecule has 5 nitrogen and oxygen atoms in total. The van der Waals surface area contributed by atoms with E-state index in [1.807, 2.05) is 30.3 Å². The third kappa shape index (κ3) is 5.49. The van der Waals surface area contributed by atoms with E-state index in [2.05, 4.69) is 19.2 Å². The lowest BCUT2D eigenvalue weighted by Crippen LogP contribution is -2.23. The molecule has 1 N–H and O–H groups in total. The number of methoxy groups -OCH3 is 2. The van der Waals surface area contributed by atoms with Gasteiger partial charge in [0.15, 0.2) is 0 Å². The maximum Gasteiger partial charge on any atom is 0.251 e. The number of amides is 1. The molecule has 0 atom stereocenters. The minimum Gasteiger partial charge on any atom is -0.496 e. The fraction of sp³-hybridized carbons (Fsp3) is 0.381. The summed E-state index contributed by atoms with van der Waals surface area (Å²) in [4.78, 5) is 12.5. The number of hydrogen-bond donors (Lipinski definition) is 1. The Morgan fingerprint density at radius 1 is 1.00 bits per heavy atom. The lowest BCUT2D eigenvalue weighted by atomic mass is 10.1. The van der Waals surface area contributed by atoms with Crippen molar-refractivity contribution in [2.45, 2.75) is 27.0 Å². The van der Waals surface area contributed by atoms with E-state index in [1.54, 1.807) is 26.4 Å². The van der Waals surface area contributed by atoms with Crippen LogP contribution in [0.5, 0.6) is 11.5 Å². The zero-order valence-electron chi connectivity index (χ0n) is 15.9. The minimum atomic E-state index is -0.149. The van der Waals surface area contributed by atoms with Gasteiger partial charge in [0.05, 0.1) is 20.8 Å². The SMILES string of the molecule is COc1ccccc1CNC(=O)c1ccc(OC)c(COCC(C)C)c1. The molecule has 2 aromatic carbocycles. The number of ether oxygens (including phenoxy) is 3. The molecule has 140 valence electrons. The van der Waals surface area contributed by atoms with Gasteiger partial charge in [-0.3, -0.25) is 4.79 Å². The van der Waals surface area contributed by atoms with Gasteiger partial charge in [0.2, 0.25) is 0 Å². The van der Waals surface area contributed by atoms with Crippen LogP contribution in [0.1, 0.15) is 35.3 Å². The molecule has 5 heteroatoms. The molecule has 26 heavy (non-hydrogen) atoms. The molecule has 1 amide bonds. The van der Waals surface area contributed by atoms with Crippen LogP contribution in [0.3, 0.4) is 0 Å². The fourth-order valence-electron chi connectivity index (χ4n) is 2.56. The summed E-state index contributed by atoms with van der Waals surface area (Å²) >= 11 is 0. The summed E-state index contributed by atoms with van der Waals surface area (Å²) in [6.45, 7) is 5.66. The quantitative estimate of drug-likeness (QED) is 0.741. The summed E-state index contributed by atoms with van der Waals surface area (Å²) in [6, 6.07) is 13.0. The minimum absolute atomic E-state index is 0.149. The molecule has 0 bridgehead atoms. The summed E-state index contributed by atoms with van der Waals surface area (Å²) in [5.41, 5.74) is 2.36. The molecule has 2 rings (SSSR count). The molecule has 0 aliphatic heterocycles. The molecule has 0 aromatic heterocycles. The van der Waals surface area contributed by atoms with Crippen molar-refractivity contribution < 1.29 is 19.0 Å². The lowest BCUT2D eigenvalue weighted by Gasteiger charge is -2.13. The highest BCUT2D eigenvalue weighted by Gasteiger charge is 2.12. The average Bonchev–Trinajstić information content (AvgIpc) is 2.65. The summed E-state index contributed by atoms with van der Waals surface area (Å²) in [6.07, 6.45) is 0. The van der Waals surface area contributed by atoms with Crippen LogP contribution in [0, 0.1) is 5.92 Å². The van der Waals surface area contributed by atoms with Crippen molar-refractivity contribution in [3.63, 3.8) is 0 Å². The summed E-state index contributed by atoms with van der Waals surface area (Å²) in [5.74, 6) is 1.78. The van der Waals surface area contributed by atoms with Gasteiger partial charge in [0.25, 0.3) is 5.91 Å². The zero-order valence-corrected chi connectivity index (χ0v) is 15.9. The van der Waals surface area contributed by atoms with Crippen LogP contribution < -0.4 is 14.8 Å². The highest BCUT2D eigenvalue weighted by Crippen LogP contribution is 2.22. The largest absolute Gasteiger partial charge is 0.496 e. The first kappa shape index (κ1) is 19.8. The third-order valence-corrected chi connectivity index (χ3v) is 3.88. The second kappa shape index (κ2) is 9.82. The Balaban J connectivity index is 2.05. The normalized spacial score (nSPS) is 10.7. The summed E-state index contributed by atoms with van der Waals surface area (Å²) < 4.78 is 16.4. The Labute approximate surface area is 155 Å². The van der Waals surface area contributed by atoms with Crippen molar-refractivity contribution in [2.75, 3.05) is 20.8 Å². The number of para-hydroxylation sites is 1. The Morgan fingerprint density at radius 3 is 2.38 bits per heavy atom. The number of nitrogens with one attached hydrogen (secondary N) is 1. The first-order valence-electron chi connectivity index (χ1n) is 8.70. The van der Waals surface area contributed by atoms with Crippen molar-refractivity contribution in [3.05, 3.63) is 59.2 Å². The van der Waals surface area contributed by atoms with Crippen molar-refractivity contribution in [1.82, 2.24) is 5.32 Å². The van der Waals surface area contributed by atoms with Gasteiger partial charge in [-0.05, 0) is 30.2 Å². The first-order valence-corrected chi connectivity index (χ1v) is 8.70. The summed E-state index contributed by atoms with van der Waals surface area (Å²) in [7, 11) is 3.23. The van der Waals surface area contributed by atoms with Gasteiger partial charge in [-0.1, -0.05) is 32.0 Å². The number of carbonyl (C=O) groups excluding carboxylic acids is 1. The van der Waals surface area contributed by atoms with Gasteiger partial charge in [-0.15, -0.1) is 0 Å². The van der Waals surface area contributed by atoms with E-state index in [-0.39, 0.29) is 5.91 Å². The van der Waals surface area contributed by atoms with E-state index in [0.717, 1.165) is 22.6 Å². The highest BCUT2D eigenvalue weighted by atomic mass is 16.5. The van der Waals surface area contributed by atoms with E-state index in [9.17, 15) is 4.79 Å². The van der Waals surface area contributed by atoms with E-state index in [1.165, 1.54) is 0 Å². The van der Waals surface area contributed by atoms with Gasteiger partial charge in [0, 0.05) is 29.8 Å². The highest BCUT2D eigenvalue weighted by molar-refractivity contribution is 5.94. The van der Waals surface area contributed by atoms with E-state index >= 15 is 0 Å². The number of hydrogen-bond acceptors (Lipinski definition) is 4. The van der Waals surface area contributed by atoms with E-state index < -0.39 is 0 Å². The molecule has 0 spiro atoms. The van der Waals surface area contributed by atoms with Gasteiger partial charge < -0.3 is 19.5 Å². The monoisotopic (exact) mass is 357 g/mol. The van der Waals surface area contributed by atoms with Gasteiger partial charge in [-0.25, -0.2) is 0 Å². The Kier molecular flexibility index (Phi) is 7.48. The van der Waals surface area contributed by atoms with Crippen molar-refractivity contribution in [2.24, 2.45) is 5.92 Å². The van der Waals surface area contributed by atoms with E-state index in [0.29, 0.717) is 31.2 Å². The standard InChI is InChI=1S/C21H27NO4/c1-15(2)13-26-14-18-11-16(9-10-20(18)25-4)21(23)22-12-17-7-5-6-8-19(17)24-3/h5-11,15H,12-14H2,1-4H3,(H,22,23). The lowest BCUT2D eigenvalue weighted by molar-refractivity contribution is 0.0937. The maximum atomic E-state index is 12.5. The summed E-state index contributed by atoms with van der Waals surface area (Å²) in [5, 5.41) is 2.93. The first-order chi connectivity index (χ1) is 12.5. The third-order valence-electron chi connectivity index (χ3n) is 3.88. The second-order valence-corrected chi connectivity index (χ2v) is 6.43. The van der Waals surface area contributed by atoms with Crippen molar-refractivity contribution in [3.8, 4) is 11.5 Å².